The number of benzene rings is 1. The first-order valence-corrected chi connectivity index (χ1v) is 10.9. The minimum atomic E-state index is -0.429. The minimum Gasteiger partial charge on any atom is -0.350 e. The van der Waals surface area contributed by atoms with Crippen LogP contribution in [0.4, 0.5) is 5.95 Å². The van der Waals surface area contributed by atoms with Crippen LogP contribution in [0.1, 0.15) is 18.4 Å². The SMILES string of the molecule is C=CC(=O)N[C@H]1C[C@H](N2CCn3c2nc2c3c(=O)n(Cc3ccccc3Cl)c(=O)n2C)C1. The average Bonchev–Trinajstić information content (AvgIpc) is 3.32. The summed E-state index contributed by atoms with van der Waals surface area (Å²) < 4.78 is 4.53. The van der Waals surface area contributed by atoms with E-state index in [9.17, 15) is 14.4 Å². The van der Waals surface area contributed by atoms with Gasteiger partial charge in [-0.2, -0.15) is 4.98 Å². The molecule has 10 heteroatoms. The maximum atomic E-state index is 13.4. The van der Waals surface area contributed by atoms with E-state index in [0.29, 0.717) is 34.2 Å². The molecule has 166 valence electrons. The Labute approximate surface area is 188 Å². The quantitative estimate of drug-likeness (QED) is 0.585. The van der Waals surface area contributed by atoms with Gasteiger partial charge in [0.05, 0.1) is 6.54 Å². The number of nitrogens with one attached hydrogen (secondary N) is 1. The van der Waals surface area contributed by atoms with E-state index in [-0.39, 0.29) is 30.1 Å². The van der Waals surface area contributed by atoms with E-state index in [1.807, 2.05) is 16.7 Å². The number of imidazole rings is 1. The summed E-state index contributed by atoms with van der Waals surface area (Å²) in [5.74, 6) is 0.525. The number of hydrogen-bond acceptors (Lipinski definition) is 5. The summed E-state index contributed by atoms with van der Waals surface area (Å²) in [6.45, 7) is 4.93. The highest BCUT2D eigenvalue weighted by Crippen LogP contribution is 2.34. The van der Waals surface area contributed by atoms with Gasteiger partial charge in [-0.15, -0.1) is 0 Å². The number of rotatable bonds is 5. The molecule has 2 aromatic heterocycles. The highest BCUT2D eigenvalue weighted by atomic mass is 35.5. The first kappa shape index (κ1) is 20.6. The van der Waals surface area contributed by atoms with E-state index in [4.69, 9.17) is 11.6 Å². The van der Waals surface area contributed by atoms with Crippen LogP contribution in [0.15, 0.2) is 46.5 Å². The number of halogens is 1. The van der Waals surface area contributed by atoms with Gasteiger partial charge in [-0.1, -0.05) is 36.4 Å². The second-order valence-corrected chi connectivity index (χ2v) is 8.70. The Hall–Kier alpha value is -3.33. The van der Waals surface area contributed by atoms with Crippen LogP contribution < -0.4 is 21.5 Å². The Kier molecular flexibility index (Phi) is 4.93. The number of aryl methyl sites for hydroxylation is 1. The highest BCUT2D eigenvalue weighted by Gasteiger charge is 2.39. The normalized spacial score (nSPS) is 19.6. The minimum absolute atomic E-state index is 0.0959. The highest BCUT2D eigenvalue weighted by molar-refractivity contribution is 6.31. The molecule has 1 aromatic carbocycles. The molecule has 0 atom stereocenters. The number of hydrogen-bond donors (Lipinski definition) is 1. The molecule has 9 nitrogen and oxygen atoms in total. The summed E-state index contributed by atoms with van der Waals surface area (Å²) in [7, 11) is 1.63. The third-order valence-electron chi connectivity index (χ3n) is 6.41. The summed E-state index contributed by atoms with van der Waals surface area (Å²) in [6.07, 6.45) is 2.88. The van der Waals surface area contributed by atoms with Gasteiger partial charge in [-0.3, -0.25) is 18.7 Å². The number of aromatic nitrogens is 4. The molecule has 1 N–H and O–H groups in total. The number of fused-ring (bicyclic) bond motifs is 3. The number of carbonyl (C=O) groups excluding carboxylic acids is 1. The van der Waals surface area contributed by atoms with Gasteiger partial charge in [-0.05, 0) is 30.5 Å². The van der Waals surface area contributed by atoms with Crippen molar-refractivity contribution in [1.29, 1.82) is 0 Å². The molecule has 5 rings (SSSR count). The molecule has 0 unspecified atom stereocenters. The van der Waals surface area contributed by atoms with Crippen LogP contribution in [-0.4, -0.2) is 43.2 Å². The predicted octanol–water partition coefficient (Wildman–Crippen LogP) is 1.25. The van der Waals surface area contributed by atoms with Gasteiger partial charge in [0.1, 0.15) is 0 Å². The number of anilines is 1. The van der Waals surface area contributed by atoms with Crippen molar-refractivity contribution in [2.45, 2.75) is 38.0 Å². The van der Waals surface area contributed by atoms with Crippen molar-refractivity contribution in [3.8, 4) is 0 Å². The van der Waals surface area contributed by atoms with Gasteiger partial charge >= 0.3 is 5.69 Å². The molecule has 3 aromatic rings. The van der Waals surface area contributed by atoms with Crippen LogP contribution >= 0.6 is 11.6 Å². The van der Waals surface area contributed by atoms with Crippen LogP contribution in [-0.2, 0) is 24.9 Å². The van der Waals surface area contributed by atoms with Gasteiger partial charge in [-0.25, -0.2) is 4.79 Å². The van der Waals surface area contributed by atoms with Crippen molar-refractivity contribution in [1.82, 2.24) is 24.0 Å². The maximum absolute atomic E-state index is 13.4. The van der Waals surface area contributed by atoms with E-state index in [0.717, 1.165) is 19.4 Å². The molecule has 2 aliphatic rings. The first-order chi connectivity index (χ1) is 15.4. The van der Waals surface area contributed by atoms with Crippen molar-refractivity contribution in [2.24, 2.45) is 7.05 Å². The van der Waals surface area contributed by atoms with E-state index >= 15 is 0 Å². The molecule has 0 saturated heterocycles. The topological polar surface area (TPSA) is 94.2 Å². The van der Waals surface area contributed by atoms with E-state index in [1.165, 1.54) is 15.2 Å². The number of carbonyl (C=O) groups is 1. The third kappa shape index (κ3) is 3.15. The van der Waals surface area contributed by atoms with Crippen LogP contribution in [0.3, 0.4) is 0 Å². The maximum Gasteiger partial charge on any atom is 0.332 e. The standard InChI is InChI=1S/C22H23ClN6O3/c1-3-17(30)24-14-10-15(11-14)27-8-9-28-18-19(25-21(27)28)26(2)22(32)29(20(18)31)12-13-6-4-5-7-16(13)23/h3-7,14-15H,1,8-12H2,2H3,(H,24,30)/t14-,15-. The molecule has 32 heavy (non-hydrogen) atoms. The lowest BCUT2D eigenvalue weighted by Gasteiger charge is -2.41. The summed E-state index contributed by atoms with van der Waals surface area (Å²) in [5.41, 5.74) is 0.714. The fraction of sp³-hybridized carbons (Fsp3) is 0.364. The lowest BCUT2D eigenvalue weighted by molar-refractivity contribution is -0.117. The smallest absolute Gasteiger partial charge is 0.332 e. The summed E-state index contributed by atoms with van der Waals surface area (Å²) >= 11 is 6.26. The summed E-state index contributed by atoms with van der Waals surface area (Å²) in [5, 5.41) is 3.42. The third-order valence-corrected chi connectivity index (χ3v) is 6.77. The molecule has 1 saturated carbocycles. The average molecular weight is 455 g/mol. The molecule has 3 heterocycles. The molecule has 1 amide bonds. The summed E-state index contributed by atoms with van der Waals surface area (Å²) in [6, 6.07) is 7.52. The van der Waals surface area contributed by atoms with Gasteiger partial charge in [0.15, 0.2) is 11.2 Å². The van der Waals surface area contributed by atoms with Crippen LogP contribution in [0.5, 0.6) is 0 Å². The van der Waals surface area contributed by atoms with Crippen molar-refractivity contribution >= 4 is 34.6 Å². The second kappa shape index (κ2) is 7.67. The lowest BCUT2D eigenvalue weighted by atomic mass is 9.85. The molecule has 1 aliphatic heterocycles. The monoisotopic (exact) mass is 454 g/mol. The molecule has 1 aliphatic carbocycles. The predicted molar refractivity (Wildman–Crippen MR) is 122 cm³/mol. The van der Waals surface area contributed by atoms with Crippen molar-refractivity contribution in [2.75, 3.05) is 11.4 Å². The van der Waals surface area contributed by atoms with E-state index < -0.39 is 5.69 Å². The van der Waals surface area contributed by atoms with E-state index in [2.05, 4.69) is 21.8 Å². The molecular formula is C22H23ClN6O3. The second-order valence-electron chi connectivity index (χ2n) is 8.29. The van der Waals surface area contributed by atoms with Gasteiger partial charge in [0, 0.05) is 37.2 Å². The molecule has 0 spiro atoms. The zero-order chi connectivity index (χ0) is 22.6. The molecule has 0 radical (unpaired) electrons. The van der Waals surface area contributed by atoms with Crippen LogP contribution in [0, 0.1) is 0 Å². The molecule has 1 fully saturated rings. The van der Waals surface area contributed by atoms with Crippen LogP contribution in [0.25, 0.3) is 11.2 Å². The first-order valence-electron chi connectivity index (χ1n) is 10.5. The largest absolute Gasteiger partial charge is 0.350 e. The Balaban J connectivity index is 1.50. The fourth-order valence-electron chi connectivity index (χ4n) is 4.60. The zero-order valence-electron chi connectivity index (χ0n) is 17.6. The fourth-order valence-corrected chi connectivity index (χ4v) is 4.80. The van der Waals surface area contributed by atoms with E-state index in [1.54, 1.807) is 19.2 Å². The summed E-state index contributed by atoms with van der Waals surface area (Å²) in [4.78, 5) is 44.7. The zero-order valence-corrected chi connectivity index (χ0v) is 18.4. The Bertz CT molecular complexity index is 1360. The van der Waals surface area contributed by atoms with Crippen molar-refractivity contribution in [3.63, 3.8) is 0 Å². The van der Waals surface area contributed by atoms with Crippen molar-refractivity contribution in [3.05, 3.63) is 68.3 Å². The lowest BCUT2D eigenvalue weighted by Crippen LogP contribution is -2.53. The Morgan fingerprint density at radius 1 is 1.28 bits per heavy atom. The van der Waals surface area contributed by atoms with Gasteiger partial charge < -0.3 is 14.8 Å². The van der Waals surface area contributed by atoms with Crippen molar-refractivity contribution < 1.29 is 4.79 Å². The Morgan fingerprint density at radius 2 is 2.03 bits per heavy atom. The van der Waals surface area contributed by atoms with Gasteiger partial charge in [0.25, 0.3) is 5.56 Å². The number of amides is 1. The number of nitrogens with zero attached hydrogens (tertiary/aromatic N) is 5. The molecular weight excluding hydrogens is 432 g/mol. The molecule has 0 bridgehead atoms. The van der Waals surface area contributed by atoms with Crippen LogP contribution in [0.2, 0.25) is 5.02 Å². The Morgan fingerprint density at radius 3 is 2.75 bits per heavy atom. The van der Waals surface area contributed by atoms with Gasteiger partial charge in [0.2, 0.25) is 11.9 Å².